The van der Waals surface area contributed by atoms with E-state index in [0.717, 1.165) is 17.3 Å². The summed E-state index contributed by atoms with van der Waals surface area (Å²) in [5.74, 6) is 1.95. The number of benzene rings is 1. The van der Waals surface area contributed by atoms with E-state index in [-0.39, 0.29) is 5.38 Å². The topological polar surface area (TPSA) is 17.8 Å². The molecular weight excluding hydrogens is 280 g/mol. The van der Waals surface area contributed by atoms with E-state index in [1.807, 2.05) is 6.92 Å². The normalized spacial score (nSPS) is 24.4. The molecule has 2 aromatic rings. The van der Waals surface area contributed by atoms with E-state index in [1.165, 1.54) is 43.2 Å². The summed E-state index contributed by atoms with van der Waals surface area (Å²) < 4.78 is 2.45. The van der Waals surface area contributed by atoms with Gasteiger partial charge >= 0.3 is 0 Å². The van der Waals surface area contributed by atoms with Crippen molar-refractivity contribution in [1.29, 1.82) is 0 Å². The Bertz CT molecular complexity index is 621. The molecule has 1 aliphatic rings. The van der Waals surface area contributed by atoms with Gasteiger partial charge in [-0.05, 0) is 57.1 Å². The minimum Gasteiger partial charge on any atom is -0.323 e. The zero-order valence-electron chi connectivity index (χ0n) is 13.3. The van der Waals surface area contributed by atoms with Crippen molar-refractivity contribution < 1.29 is 0 Å². The molecule has 1 atom stereocenters. The van der Waals surface area contributed by atoms with Crippen LogP contribution in [0, 0.1) is 12.8 Å². The minimum absolute atomic E-state index is 0.0410. The Labute approximate surface area is 132 Å². The molecule has 0 N–H and O–H groups in total. The van der Waals surface area contributed by atoms with Gasteiger partial charge in [0.05, 0.1) is 16.4 Å². The summed E-state index contributed by atoms with van der Waals surface area (Å²) in [7, 11) is 0. The third-order valence-electron chi connectivity index (χ3n) is 5.05. The van der Waals surface area contributed by atoms with Crippen LogP contribution in [0.5, 0.6) is 0 Å². The van der Waals surface area contributed by atoms with Crippen LogP contribution in [0.4, 0.5) is 0 Å². The van der Waals surface area contributed by atoms with Gasteiger partial charge in [-0.1, -0.05) is 25.5 Å². The van der Waals surface area contributed by atoms with Crippen LogP contribution in [-0.2, 0) is 0 Å². The fraction of sp³-hybridized carbons (Fsp3) is 0.611. The first-order valence-corrected chi connectivity index (χ1v) is 8.67. The third-order valence-corrected chi connectivity index (χ3v) is 5.25. The second-order valence-electron chi connectivity index (χ2n) is 6.48. The zero-order chi connectivity index (χ0) is 15.0. The van der Waals surface area contributed by atoms with Gasteiger partial charge < -0.3 is 4.57 Å². The summed E-state index contributed by atoms with van der Waals surface area (Å²) in [6.07, 6.45) is 6.50. The lowest BCUT2D eigenvalue weighted by molar-refractivity contribution is 0.269. The van der Waals surface area contributed by atoms with Crippen LogP contribution in [0.15, 0.2) is 18.2 Å². The van der Waals surface area contributed by atoms with E-state index in [2.05, 4.69) is 36.6 Å². The monoisotopic (exact) mass is 304 g/mol. The van der Waals surface area contributed by atoms with Crippen LogP contribution in [0.3, 0.4) is 0 Å². The second kappa shape index (κ2) is 6.00. The van der Waals surface area contributed by atoms with Crippen LogP contribution in [0.25, 0.3) is 11.0 Å². The zero-order valence-corrected chi connectivity index (χ0v) is 14.0. The number of nitrogens with zero attached hydrogens (tertiary/aromatic N) is 2. The van der Waals surface area contributed by atoms with Gasteiger partial charge in [0.15, 0.2) is 0 Å². The highest BCUT2D eigenvalue weighted by Gasteiger charge is 2.26. The second-order valence-corrected chi connectivity index (χ2v) is 7.14. The summed E-state index contributed by atoms with van der Waals surface area (Å²) in [5.41, 5.74) is 3.69. The van der Waals surface area contributed by atoms with Gasteiger partial charge in [0.2, 0.25) is 0 Å². The molecule has 1 unspecified atom stereocenters. The van der Waals surface area contributed by atoms with Crippen molar-refractivity contribution in [3.05, 3.63) is 29.6 Å². The molecule has 1 aromatic heterocycles. The van der Waals surface area contributed by atoms with Crippen molar-refractivity contribution in [3.8, 4) is 0 Å². The molecule has 0 amide bonds. The average Bonchev–Trinajstić information content (AvgIpc) is 2.88. The smallest absolute Gasteiger partial charge is 0.127 e. The van der Waals surface area contributed by atoms with E-state index < -0.39 is 0 Å². The van der Waals surface area contributed by atoms with Gasteiger partial charge in [0.1, 0.15) is 5.82 Å². The van der Waals surface area contributed by atoms with Crippen molar-refractivity contribution in [2.24, 2.45) is 5.92 Å². The van der Waals surface area contributed by atoms with Crippen molar-refractivity contribution in [2.45, 2.75) is 64.3 Å². The van der Waals surface area contributed by atoms with E-state index in [4.69, 9.17) is 16.6 Å². The molecule has 3 heteroatoms. The minimum atomic E-state index is -0.0410. The quantitative estimate of drug-likeness (QED) is 0.657. The molecular formula is C18H25ClN2. The van der Waals surface area contributed by atoms with Crippen LogP contribution < -0.4 is 0 Å². The molecule has 0 radical (unpaired) electrons. The molecule has 0 bridgehead atoms. The number of halogens is 1. The molecule has 2 nitrogen and oxygen atoms in total. The van der Waals surface area contributed by atoms with Crippen molar-refractivity contribution in [3.63, 3.8) is 0 Å². The first kappa shape index (κ1) is 14.9. The van der Waals surface area contributed by atoms with E-state index in [0.29, 0.717) is 6.04 Å². The molecule has 1 heterocycles. The maximum Gasteiger partial charge on any atom is 0.127 e. The molecule has 1 aromatic carbocycles. The fourth-order valence-electron chi connectivity index (χ4n) is 3.80. The molecule has 1 fully saturated rings. The Morgan fingerprint density at radius 3 is 2.62 bits per heavy atom. The van der Waals surface area contributed by atoms with Crippen LogP contribution in [0.2, 0.25) is 0 Å². The summed E-state index contributed by atoms with van der Waals surface area (Å²) in [6.45, 7) is 6.53. The van der Waals surface area contributed by atoms with E-state index in [1.54, 1.807) is 0 Å². The number of fused-ring (bicyclic) bond motifs is 1. The number of aryl methyl sites for hydroxylation is 1. The predicted octanol–water partition coefficient (Wildman–Crippen LogP) is 5.79. The standard InChI is InChI=1S/C18H25ClN2/c1-4-14-8-10-15(11-9-14)21-17-12(2)6-5-7-16(17)20-18(21)13(3)19/h5-7,13-15H,4,8-11H2,1-3H3. The lowest BCUT2D eigenvalue weighted by Crippen LogP contribution is -2.20. The fourth-order valence-corrected chi connectivity index (χ4v) is 3.95. The Morgan fingerprint density at radius 1 is 1.29 bits per heavy atom. The number of para-hydroxylation sites is 1. The first-order valence-electron chi connectivity index (χ1n) is 8.23. The molecule has 1 aliphatic carbocycles. The predicted molar refractivity (Wildman–Crippen MR) is 90.0 cm³/mol. The molecule has 1 saturated carbocycles. The Balaban J connectivity index is 2.05. The van der Waals surface area contributed by atoms with Crippen molar-refractivity contribution >= 4 is 22.6 Å². The Kier molecular flexibility index (Phi) is 4.26. The summed E-state index contributed by atoms with van der Waals surface area (Å²) in [5, 5.41) is -0.0410. The lowest BCUT2D eigenvalue weighted by Gasteiger charge is -2.31. The molecule has 0 saturated heterocycles. The number of aromatic nitrogens is 2. The molecule has 3 rings (SSSR count). The van der Waals surface area contributed by atoms with Crippen LogP contribution in [-0.4, -0.2) is 9.55 Å². The van der Waals surface area contributed by atoms with Crippen LogP contribution in [0.1, 0.15) is 68.8 Å². The lowest BCUT2D eigenvalue weighted by atomic mass is 9.84. The molecule has 0 spiro atoms. The van der Waals surface area contributed by atoms with E-state index in [9.17, 15) is 0 Å². The van der Waals surface area contributed by atoms with Crippen molar-refractivity contribution in [2.75, 3.05) is 0 Å². The van der Waals surface area contributed by atoms with Gasteiger partial charge in [0.25, 0.3) is 0 Å². The van der Waals surface area contributed by atoms with Gasteiger partial charge in [-0.15, -0.1) is 11.6 Å². The summed E-state index contributed by atoms with van der Waals surface area (Å²) in [6, 6.07) is 6.95. The van der Waals surface area contributed by atoms with Gasteiger partial charge in [-0.3, -0.25) is 0 Å². The number of alkyl halides is 1. The highest BCUT2D eigenvalue weighted by Crippen LogP contribution is 2.38. The number of hydrogen-bond acceptors (Lipinski definition) is 1. The highest BCUT2D eigenvalue weighted by molar-refractivity contribution is 6.20. The highest BCUT2D eigenvalue weighted by atomic mass is 35.5. The van der Waals surface area contributed by atoms with Crippen LogP contribution >= 0.6 is 11.6 Å². The molecule has 114 valence electrons. The average molecular weight is 305 g/mol. The summed E-state index contributed by atoms with van der Waals surface area (Å²) in [4.78, 5) is 4.82. The molecule has 0 aliphatic heterocycles. The Morgan fingerprint density at radius 2 is 2.00 bits per heavy atom. The summed E-state index contributed by atoms with van der Waals surface area (Å²) >= 11 is 6.42. The SMILES string of the molecule is CCC1CCC(n2c(C(C)Cl)nc3cccc(C)c32)CC1. The number of hydrogen-bond donors (Lipinski definition) is 0. The van der Waals surface area contributed by atoms with E-state index >= 15 is 0 Å². The Hall–Kier alpha value is -1.02. The number of imidazole rings is 1. The van der Waals surface area contributed by atoms with Gasteiger partial charge in [0, 0.05) is 6.04 Å². The van der Waals surface area contributed by atoms with Crippen molar-refractivity contribution in [1.82, 2.24) is 9.55 Å². The molecule has 21 heavy (non-hydrogen) atoms. The van der Waals surface area contributed by atoms with Gasteiger partial charge in [-0.2, -0.15) is 0 Å². The van der Waals surface area contributed by atoms with Gasteiger partial charge in [-0.25, -0.2) is 4.98 Å². The first-order chi connectivity index (χ1) is 10.1. The number of rotatable bonds is 3. The third kappa shape index (κ3) is 2.70. The maximum atomic E-state index is 6.42. The largest absolute Gasteiger partial charge is 0.323 e. The maximum absolute atomic E-state index is 6.42.